The maximum Gasteiger partial charge on any atom is 0.137 e. The summed E-state index contributed by atoms with van der Waals surface area (Å²) in [5.41, 5.74) is 0.671. The van der Waals surface area contributed by atoms with Crippen molar-refractivity contribution in [3.63, 3.8) is 0 Å². The van der Waals surface area contributed by atoms with Crippen LogP contribution < -0.4 is 4.74 Å². The smallest absolute Gasteiger partial charge is 0.137 e. The van der Waals surface area contributed by atoms with Crippen LogP contribution in [0, 0.1) is 5.92 Å². The molecule has 0 spiro atoms. The minimum Gasteiger partial charge on any atom is -0.492 e. The fourth-order valence-corrected chi connectivity index (χ4v) is 1.27. The summed E-state index contributed by atoms with van der Waals surface area (Å²) in [5.74, 6) is 1.50. The molecular formula is C12H19NO2. The third-order valence-electron chi connectivity index (χ3n) is 2.15. The highest BCUT2D eigenvalue weighted by molar-refractivity contribution is 5.19. The minimum absolute atomic E-state index is 0.0202. The molecule has 0 aliphatic carbocycles. The van der Waals surface area contributed by atoms with Gasteiger partial charge in [0.05, 0.1) is 25.1 Å². The van der Waals surface area contributed by atoms with Gasteiger partial charge in [0.2, 0.25) is 0 Å². The van der Waals surface area contributed by atoms with Crippen molar-refractivity contribution >= 4 is 0 Å². The maximum absolute atomic E-state index is 8.80. The van der Waals surface area contributed by atoms with Gasteiger partial charge in [-0.25, -0.2) is 0 Å². The Morgan fingerprint density at radius 2 is 2.20 bits per heavy atom. The van der Waals surface area contributed by atoms with Crippen molar-refractivity contribution in [3.05, 3.63) is 24.0 Å². The molecule has 0 bridgehead atoms. The van der Waals surface area contributed by atoms with Gasteiger partial charge in [-0.1, -0.05) is 13.8 Å². The van der Waals surface area contributed by atoms with Crippen LogP contribution in [0.15, 0.2) is 18.3 Å². The average Bonchev–Trinajstić information content (AvgIpc) is 2.25. The van der Waals surface area contributed by atoms with Gasteiger partial charge in [-0.05, 0) is 30.9 Å². The van der Waals surface area contributed by atoms with Crippen LogP contribution in [0.25, 0.3) is 0 Å². The van der Waals surface area contributed by atoms with E-state index in [1.165, 1.54) is 6.42 Å². The highest BCUT2D eigenvalue weighted by atomic mass is 16.5. The molecule has 1 rings (SSSR count). The summed E-state index contributed by atoms with van der Waals surface area (Å²) < 4.78 is 5.51. The van der Waals surface area contributed by atoms with E-state index in [1.807, 2.05) is 6.07 Å². The molecule has 1 aromatic heterocycles. The molecule has 0 aliphatic heterocycles. The van der Waals surface area contributed by atoms with E-state index in [-0.39, 0.29) is 6.61 Å². The van der Waals surface area contributed by atoms with Crippen LogP contribution in [-0.2, 0) is 6.61 Å². The molecule has 0 unspecified atom stereocenters. The summed E-state index contributed by atoms with van der Waals surface area (Å²) in [5, 5.41) is 8.80. The number of rotatable bonds is 6. The topological polar surface area (TPSA) is 42.4 Å². The van der Waals surface area contributed by atoms with Gasteiger partial charge in [-0.2, -0.15) is 0 Å². The van der Waals surface area contributed by atoms with Gasteiger partial charge in [0.25, 0.3) is 0 Å². The standard InChI is InChI=1S/C12H19NO2/c1-10(2)4-3-7-15-12-6-5-11(9-14)13-8-12/h5-6,8,10,14H,3-4,7,9H2,1-2H3. The van der Waals surface area contributed by atoms with E-state index in [1.54, 1.807) is 12.3 Å². The molecule has 84 valence electrons. The van der Waals surface area contributed by atoms with Crippen LogP contribution in [0.1, 0.15) is 32.4 Å². The van der Waals surface area contributed by atoms with Gasteiger partial charge in [0, 0.05) is 0 Å². The summed E-state index contributed by atoms with van der Waals surface area (Å²) in [6.45, 7) is 5.13. The molecule has 0 fully saturated rings. The lowest BCUT2D eigenvalue weighted by atomic mass is 10.1. The fourth-order valence-electron chi connectivity index (χ4n) is 1.27. The van der Waals surface area contributed by atoms with E-state index < -0.39 is 0 Å². The molecule has 3 heteroatoms. The normalized spacial score (nSPS) is 10.7. The highest BCUT2D eigenvalue weighted by Crippen LogP contribution is 2.10. The summed E-state index contributed by atoms with van der Waals surface area (Å²) in [6, 6.07) is 3.62. The third kappa shape index (κ3) is 4.79. The number of aliphatic hydroxyl groups excluding tert-OH is 1. The third-order valence-corrected chi connectivity index (χ3v) is 2.15. The average molecular weight is 209 g/mol. The lowest BCUT2D eigenvalue weighted by Crippen LogP contribution is -2.00. The summed E-state index contributed by atoms with van der Waals surface area (Å²) in [7, 11) is 0. The van der Waals surface area contributed by atoms with Gasteiger partial charge >= 0.3 is 0 Å². The van der Waals surface area contributed by atoms with Gasteiger partial charge < -0.3 is 9.84 Å². The quantitative estimate of drug-likeness (QED) is 0.731. The van der Waals surface area contributed by atoms with Crippen LogP contribution in [0.3, 0.4) is 0 Å². The predicted molar refractivity (Wildman–Crippen MR) is 59.7 cm³/mol. The highest BCUT2D eigenvalue weighted by Gasteiger charge is 1.97. The number of pyridine rings is 1. The van der Waals surface area contributed by atoms with Crippen LogP contribution >= 0.6 is 0 Å². The molecule has 1 heterocycles. The van der Waals surface area contributed by atoms with Gasteiger partial charge in [-0.3, -0.25) is 4.98 Å². The van der Waals surface area contributed by atoms with E-state index in [9.17, 15) is 0 Å². The Morgan fingerprint density at radius 1 is 1.40 bits per heavy atom. The van der Waals surface area contributed by atoms with Crippen molar-refractivity contribution in [2.45, 2.75) is 33.3 Å². The Hall–Kier alpha value is -1.09. The first-order valence-electron chi connectivity index (χ1n) is 5.41. The van der Waals surface area contributed by atoms with E-state index >= 15 is 0 Å². The van der Waals surface area contributed by atoms with Crippen LogP contribution in [0.5, 0.6) is 5.75 Å². The first-order valence-corrected chi connectivity index (χ1v) is 5.41. The lowest BCUT2D eigenvalue weighted by Gasteiger charge is -2.07. The Balaban J connectivity index is 2.25. The summed E-state index contributed by atoms with van der Waals surface area (Å²) >= 11 is 0. The Kier molecular flexibility index (Phi) is 5.12. The largest absolute Gasteiger partial charge is 0.492 e. The van der Waals surface area contributed by atoms with Gasteiger partial charge in [0.1, 0.15) is 5.75 Å². The zero-order valence-electron chi connectivity index (χ0n) is 9.44. The van der Waals surface area contributed by atoms with Crippen LogP contribution in [0.2, 0.25) is 0 Å². The first-order chi connectivity index (χ1) is 7.22. The van der Waals surface area contributed by atoms with Crippen molar-refractivity contribution in [1.82, 2.24) is 4.98 Å². The van der Waals surface area contributed by atoms with Crippen molar-refractivity contribution in [2.24, 2.45) is 5.92 Å². The van der Waals surface area contributed by atoms with Crippen LogP contribution in [-0.4, -0.2) is 16.7 Å². The molecule has 0 saturated heterocycles. The molecule has 0 amide bonds. The lowest BCUT2D eigenvalue weighted by molar-refractivity contribution is 0.274. The molecule has 0 atom stereocenters. The molecule has 3 nitrogen and oxygen atoms in total. The molecule has 0 aliphatic rings. The van der Waals surface area contributed by atoms with E-state index in [0.717, 1.165) is 24.7 Å². The summed E-state index contributed by atoms with van der Waals surface area (Å²) in [6.07, 6.45) is 3.91. The first kappa shape index (κ1) is 12.0. The maximum atomic E-state index is 8.80. The molecule has 1 aromatic rings. The second kappa shape index (κ2) is 6.40. The second-order valence-corrected chi connectivity index (χ2v) is 4.03. The number of hydrogen-bond acceptors (Lipinski definition) is 3. The van der Waals surface area contributed by atoms with Crippen LogP contribution in [0.4, 0.5) is 0 Å². The van der Waals surface area contributed by atoms with Gasteiger partial charge in [-0.15, -0.1) is 0 Å². The zero-order chi connectivity index (χ0) is 11.1. The summed E-state index contributed by atoms with van der Waals surface area (Å²) in [4.78, 5) is 4.04. The Morgan fingerprint density at radius 3 is 2.73 bits per heavy atom. The molecule has 15 heavy (non-hydrogen) atoms. The zero-order valence-corrected chi connectivity index (χ0v) is 9.44. The molecular weight excluding hydrogens is 190 g/mol. The van der Waals surface area contributed by atoms with Gasteiger partial charge in [0.15, 0.2) is 0 Å². The molecule has 0 aromatic carbocycles. The Bertz CT molecular complexity index is 269. The number of hydrogen-bond donors (Lipinski definition) is 1. The van der Waals surface area contributed by atoms with Crippen molar-refractivity contribution in [1.29, 1.82) is 0 Å². The van der Waals surface area contributed by atoms with Crippen molar-refractivity contribution < 1.29 is 9.84 Å². The molecule has 0 radical (unpaired) electrons. The molecule has 1 N–H and O–H groups in total. The number of aliphatic hydroxyl groups is 1. The number of aromatic nitrogens is 1. The number of ether oxygens (including phenoxy) is 1. The van der Waals surface area contributed by atoms with E-state index in [4.69, 9.17) is 9.84 Å². The van der Waals surface area contributed by atoms with Crippen molar-refractivity contribution in [2.75, 3.05) is 6.61 Å². The Labute approximate surface area is 91.1 Å². The monoisotopic (exact) mass is 209 g/mol. The van der Waals surface area contributed by atoms with E-state index in [0.29, 0.717) is 5.69 Å². The molecule has 0 saturated carbocycles. The fraction of sp³-hybridized carbons (Fsp3) is 0.583. The number of nitrogens with zero attached hydrogens (tertiary/aromatic N) is 1. The van der Waals surface area contributed by atoms with Crippen molar-refractivity contribution in [3.8, 4) is 5.75 Å². The minimum atomic E-state index is -0.0202. The second-order valence-electron chi connectivity index (χ2n) is 4.03. The SMILES string of the molecule is CC(C)CCCOc1ccc(CO)nc1. The predicted octanol–water partition coefficient (Wildman–Crippen LogP) is 2.39. The van der Waals surface area contributed by atoms with E-state index in [2.05, 4.69) is 18.8 Å².